The Bertz CT molecular complexity index is 689. The molecule has 2 atom stereocenters. The molecule has 0 bridgehead atoms. The van der Waals surface area contributed by atoms with Gasteiger partial charge in [-0.25, -0.2) is 0 Å². The van der Waals surface area contributed by atoms with Crippen molar-refractivity contribution in [2.24, 2.45) is 0 Å². The summed E-state index contributed by atoms with van der Waals surface area (Å²) < 4.78 is 0. The molecule has 4 rings (SSSR count). The van der Waals surface area contributed by atoms with Crippen LogP contribution in [0.3, 0.4) is 0 Å². The second kappa shape index (κ2) is 7.88. The van der Waals surface area contributed by atoms with Crippen LogP contribution < -0.4 is 0 Å². The van der Waals surface area contributed by atoms with Crippen molar-refractivity contribution in [2.45, 2.75) is 57.0 Å². The van der Waals surface area contributed by atoms with Gasteiger partial charge in [-0.05, 0) is 68.6 Å². The monoisotopic (exact) mass is 336 g/mol. The normalized spacial score (nSPS) is 25.0. The maximum Gasteiger partial charge on any atom is 0.0251 e. The van der Waals surface area contributed by atoms with Gasteiger partial charge in [-0.3, -0.25) is 4.90 Å². The van der Waals surface area contributed by atoms with Gasteiger partial charge in [-0.15, -0.1) is 0 Å². The first-order valence-corrected chi connectivity index (χ1v) is 10.2. The molecule has 25 heavy (non-hydrogen) atoms. The van der Waals surface area contributed by atoms with Crippen LogP contribution in [0, 0.1) is 0 Å². The molecule has 2 aliphatic rings. The lowest BCUT2D eigenvalue weighted by atomic mass is 9.88. The predicted octanol–water partition coefficient (Wildman–Crippen LogP) is 4.72. The average molecular weight is 337 g/mol. The van der Waals surface area contributed by atoms with Crippen molar-refractivity contribution in [2.75, 3.05) is 26.7 Å². The van der Waals surface area contributed by atoms with Gasteiger partial charge >= 0.3 is 0 Å². The van der Waals surface area contributed by atoms with Crippen LogP contribution in [0.4, 0.5) is 0 Å². The van der Waals surface area contributed by atoms with E-state index >= 15 is 0 Å². The second-order valence-electron chi connectivity index (χ2n) is 8.07. The molecule has 2 heteroatoms. The van der Waals surface area contributed by atoms with Crippen molar-refractivity contribution in [3.8, 4) is 0 Å². The zero-order valence-electron chi connectivity index (χ0n) is 15.7. The minimum atomic E-state index is 0.757. The molecule has 1 aliphatic heterocycles. The van der Waals surface area contributed by atoms with Crippen LogP contribution in [-0.2, 0) is 6.42 Å². The lowest BCUT2D eigenvalue weighted by molar-refractivity contribution is 0.0771. The third-order valence-electron chi connectivity index (χ3n) is 6.44. The van der Waals surface area contributed by atoms with Crippen molar-refractivity contribution in [1.29, 1.82) is 0 Å². The number of nitrogens with zero attached hydrogens (tertiary/aromatic N) is 2. The highest BCUT2D eigenvalue weighted by atomic mass is 15.2. The smallest absolute Gasteiger partial charge is 0.0251 e. The van der Waals surface area contributed by atoms with E-state index < -0.39 is 0 Å². The zero-order chi connectivity index (χ0) is 17.1. The summed E-state index contributed by atoms with van der Waals surface area (Å²) in [5.41, 5.74) is 1.47. The summed E-state index contributed by atoms with van der Waals surface area (Å²) in [5, 5.41) is 2.72. The summed E-state index contributed by atoms with van der Waals surface area (Å²) in [6.45, 7) is 3.84. The summed E-state index contributed by atoms with van der Waals surface area (Å²) in [6, 6.07) is 17.2. The van der Waals surface area contributed by atoms with Crippen molar-refractivity contribution in [1.82, 2.24) is 9.80 Å². The van der Waals surface area contributed by atoms with Gasteiger partial charge in [-0.2, -0.15) is 0 Å². The highest BCUT2D eigenvalue weighted by molar-refractivity contribution is 5.82. The fourth-order valence-electron chi connectivity index (χ4n) is 4.97. The Morgan fingerprint density at radius 2 is 1.68 bits per heavy atom. The maximum atomic E-state index is 2.79. The Balaban J connectivity index is 1.40. The molecule has 1 heterocycles. The molecule has 134 valence electrons. The first-order chi connectivity index (χ1) is 12.3. The molecule has 0 amide bonds. The number of likely N-dealkylation sites (tertiary alicyclic amines) is 1. The summed E-state index contributed by atoms with van der Waals surface area (Å²) >= 11 is 0. The molecule has 0 spiro atoms. The lowest BCUT2D eigenvalue weighted by Crippen LogP contribution is -2.51. The van der Waals surface area contributed by atoms with Crippen LogP contribution in [0.1, 0.15) is 44.1 Å². The Kier molecular flexibility index (Phi) is 5.38. The SMILES string of the molecule is CN(CCc1ccc2ccccc2c1)C1CCCC[C@H]1N1CCCC1. The van der Waals surface area contributed by atoms with E-state index in [1.54, 1.807) is 0 Å². The Morgan fingerprint density at radius 1 is 0.920 bits per heavy atom. The van der Waals surface area contributed by atoms with Crippen molar-refractivity contribution in [3.05, 3.63) is 48.0 Å². The molecular weight excluding hydrogens is 304 g/mol. The number of hydrogen-bond acceptors (Lipinski definition) is 2. The van der Waals surface area contributed by atoms with Crippen LogP contribution >= 0.6 is 0 Å². The van der Waals surface area contributed by atoms with Gasteiger partial charge < -0.3 is 4.90 Å². The number of likely N-dealkylation sites (N-methyl/N-ethyl adjacent to an activating group) is 1. The topological polar surface area (TPSA) is 6.48 Å². The second-order valence-corrected chi connectivity index (χ2v) is 8.07. The molecule has 0 N–H and O–H groups in total. The first kappa shape index (κ1) is 17.1. The highest BCUT2D eigenvalue weighted by Gasteiger charge is 2.33. The molecule has 2 fully saturated rings. The van der Waals surface area contributed by atoms with Crippen molar-refractivity contribution in [3.63, 3.8) is 0 Å². The highest BCUT2D eigenvalue weighted by Crippen LogP contribution is 2.29. The standard InChI is InChI=1S/C23H32N2/c1-24(22-10-4-5-11-23(22)25-15-6-7-16-25)17-14-19-12-13-20-8-2-3-9-21(20)18-19/h2-3,8-9,12-13,18,22-23H,4-7,10-11,14-17H2,1H3/t22?,23-/m1/s1. The summed E-state index contributed by atoms with van der Waals surface area (Å²) in [4.78, 5) is 5.45. The molecule has 2 nitrogen and oxygen atoms in total. The van der Waals surface area contributed by atoms with E-state index in [9.17, 15) is 0 Å². The predicted molar refractivity (Wildman–Crippen MR) is 107 cm³/mol. The molecule has 2 aromatic carbocycles. The molecule has 1 saturated carbocycles. The van der Waals surface area contributed by atoms with Crippen LogP contribution in [-0.4, -0.2) is 48.6 Å². The fraction of sp³-hybridized carbons (Fsp3) is 0.565. The van der Waals surface area contributed by atoms with E-state index in [2.05, 4.69) is 59.3 Å². The Hall–Kier alpha value is -1.38. The summed E-state index contributed by atoms with van der Waals surface area (Å²) in [6.07, 6.45) is 9.60. The number of fused-ring (bicyclic) bond motifs is 1. The molecule has 1 saturated heterocycles. The van der Waals surface area contributed by atoms with Crippen molar-refractivity contribution >= 4 is 10.8 Å². The van der Waals surface area contributed by atoms with Gasteiger partial charge in [0.05, 0.1) is 0 Å². The minimum absolute atomic E-state index is 0.757. The van der Waals surface area contributed by atoms with E-state index in [0.29, 0.717) is 0 Å². The number of benzene rings is 2. The molecule has 2 aromatic rings. The third kappa shape index (κ3) is 3.91. The van der Waals surface area contributed by atoms with Crippen molar-refractivity contribution < 1.29 is 0 Å². The Morgan fingerprint density at radius 3 is 2.52 bits per heavy atom. The Labute approximate surface area is 152 Å². The van der Waals surface area contributed by atoms with Crippen LogP contribution in [0.25, 0.3) is 10.8 Å². The number of hydrogen-bond donors (Lipinski definition) is 0. The van der Waals surface area contributed by atoms with E-state index in [1.165, 1.54) is 74.5 Å². The van der Waals surface area contributed by atoms with Crippen LogP contribution in [0.2, 0.25) is 0 Å². The first-order valence-electron chi connectivity index (χ1n) is 10.2. The zero-order valence-corrected chi connectivity index (χ0v) is 15.7. The van der Waals surface area contributed by atoms with Gasteiger partial charge in [0.2, 0.25) is 0 Å². The van der Waals surface area contributed by atoms with Gasteiger partial charge in [0, 0.05) is 18.6 Å². The molecular formula is C23H32N2. The van der Waals surface area contributed by atoms with Crippen LogP contribution in [0.15, 0.2) is 42.5 Å². The van der Waals surface area contributed by atoms with E-state index in [4.69, 9.17) is 0 Å². The molecule has 0 aromatic heterocycles. The molecule has 1 aliphatic carbocycles. The van der Waals surface area contributed by atoms with E-state index in [0.717, 1.165) is 18.5 Å². The van der Waals surface area contributed by atoms with Crippen LogP contribution in [0.5, 0.6) is 0 Å². The van der Waals surface area contributed by atoms with Gasteiger partial charge in [0.15, 0.2) is 0 Å². The summed E-state index contributed by atoms with van der Waals surface area (Å²) in [5.74, 6) is 0. The minimum Gasteiger partial charge on any atom is -0.302 e. The van der Waals surface area contributed by atoms with E-state index in [1.807, 2.05) is 0 Å². The fourth-order valence-corrected chi connectivity index (χ4v) is 4.97. The lowest BCUT2D eigenvalue weighted by Gasteiger charge is -2.42. The van der Waals surface area contributed by atoms with Gasteiger partial charge in [-0.1, -0.05) is 55.3 Å². The molecule has 0 radical (unpaired) electrons. The van der Waals surface area contributed by atoms with E-state index in [-0.39, 0.29) is 0 Å². The average Bonchev–Trinajstić information content (AvgIpc) is 3.20. The summed E-state index contributed by atoms with van der Waals surface area (Å²) in [7, 11) is 2.36. The maximum absolute atomic E-state index is 2.79. The quantitative estimate of drug-likeness (QED) is 0.779. The molecule has 1 unspecified atom stereocenters. The third-order valence-corrected chi connectivity index (χ3v) is 6.44. The van der Waals surface area contributed by atoms with Gasteiger partial charge in [0.1, 0.15) is 0 Å². The number of rotatable bonds is 5. The van der Waals surface area contributed by atoms with Gasteiger partial charge in [0.25, 0.3) is 0 Å². The largest absolute Gasteiger partial charge is 0.302 e.